The van der Waals surface area contributed by atoms with Gasteiger partial charge >= 0.3 is 6.09 Å². The number of ether oxygens (including phenoxy) is 1. The molecule has 0 saturated carbocycles. The summed E-state index contributed by atoms with van der Waals surface area (Å²) in [5, 5.41) is 0. The van der Waals surface area contributed by atoms with E-state index in [-0.39, 0.29) is 19.0 Å². The van der Waals surface area contributed by atoms with Crippen LogP contribution in [0.25, 0.3) is 11.0 Å². The molecule has 0 bridgehead atoms. The van der Waals surface area contributed by atoms with Crippen LogP contribution in [0.3, 0.4) is 0 Å². The van der Waals surface area contributed by atoms with E-state index < -0.39 is 6.09 Å². The fraction of sp³-hybridized carbons (Fsp3) is 0.526. The molecule has 0 radical (unpaired) electrons. The van der Waals surface area contributed by atoms with Crippen molar-refractivity contribution in [3.63, 3.8) is 0 Å². The SMILES string of the molecule is COC(=O)N(C)Cc1nc2ccccc2n1CC(=O)N1CCCCCC1. The molecule has 2 amide bonds. The summed E-state index contributed by atoms with van der Waals surface area (Å²) in [4.78, 5) is 32.6. The zero-order valence-electron chi connectivity index (χ0n) is 15.5. The van der Waals surface area contributed by atoms with Crippen molar-refractivity contribution in [2.75, 3.05) is 27.2 Å². The molecule has 1 aliphatic heterocycles. The molecule has 3 rings (SSSR count). The highest BCUT2D eigenvalue weighted by molar-refractivity contribution is 5.81. The van der Waals surface area contributed by atoms with Crippen molar-refractivity contribution in [2.45, 2.75) is 38.8 Å². The number of methoxy groups -OCH3 is 1. The second-order valence-corrected chi connectivity index (χ2v) is 6.72. The van der Waals surface area contributed by atoms with E-state index in [1.54, 1.807) is 7.05 Å². The summed E-state index contributed by atoms with van der Waals surface area (Å²) in [6.07, 6.45) is 4.07. The third-order valence-electron chi connectivity index (χ3n) is 4.85. The first-order valence-corrected chi connectivity index (χ1v) is 9.11. The molecular formula is C19H26N4O3. The number of aromatic nitrogens is 2. The third-order valence-corrected chi connectivity index (χ3v) is 4.85. The Bertz CT molecular complexity index is 778. The van der Waals surface area contributed by atoms with Crippen LogP contribution in [0.2, 0.25) is 0 Å². The van der Waals surface area contributed by atoms with Crippen LogP contribution in [0, 0.1) is 0 Å². The number of amides is 2. The number of fused-ring (bicyclic) bond motifs is 1. The van der Waals surface area contributed by atoms with Gasteiger partial charge < -0.3 is 19.1 Å². The van der Waals surface area contributed by atoms with Crippen LogP contribution in [0.5, 0.6) is 0 Å². The van der Waals surface area contributed by atoms with Crippen LogP contribution in [0.15, 0.2) is 24.3 Å². The summed E-state index contributed by atoms with van der Waals surface area (Å²) in [5.74, 6) is 0.791. The van der Waals surface area contributed by atoms with Crippen molar-refractivity contribution < 1.29 is 14.3 Å². The van der Waals surface area contributed by atoms with Gasteiger partial charge in [-0.25, -0.2) is 9.78 Å². The molecule has 0 unspecified atom stereocenters. The topological polar surface area (TPSA) is 67.7 Å². The molecular weight excluding hydrogens is 332 g/mol. The molecule has 1 aromatic carbocycles. The number of hydrogen-bond acceptors (Lipinski definition) is 4. The number of rotatable bonds is 4. The average Bonchev–Trinajstić information content (AvgIpc) is 2.83. The Balaban J connectivity index is 1.86. The maximum Gasteiger partial charge on any atom is 0.409 e. The predicted molar refractivity (Wildman–Crippen MR) is 98.7 cm³/mol. The molecule has 1 aliphatic rings. The molecule has 7 heteroatoms. The minimum Gasteiger partial charge on any atom is -0.453 e. The van der Waals surface area contributed by atoms with Crippen molar-refractivity contribution in [1.82, 2.24) is 19.4 Å². The van der Waals surface area contributed by atoms with E-state index in [4.69, 9.17) is 4.74 Å². The molecule has 1 aromatic heterocycles. The number of para-hydroxylation sites is 2. The van der Waals surface area contributed by atoms with Crippen LogP contribution in [-0.4, -0.2) is 58.6 Å². The number of imidazole rings is 1. The van der Waals surface area contributed by atoms with Crippen LogP contribution in [-0.2, 0) is 22.6 Å². The Morgan fingerprint density at radius 1 is 1.15 bits per heavy atom. The highest BCUT2D eigenvalue weighted by Crippen LogP contribution is 2.18. The van der Waals surface area contributed by atoms with Crippen LogP contribution in [0.1, 0.15) is 31.5 Å². The molecule has 0 N–H and O–H groups in total. The van der Waals surface area contributed by atoms with Gasteiger partial charge in [0.1, 0.15) is 12.4 Å². The van der Waals surface area contributed by atoms with Gasteiger partial charge in [-0.3, -0.25) is 4.79 Å². The van der Waals surface area contributed by atoms with Gasteiger partial charge in [0.25, 0.3) is 0 Å². The van der Waals surface area contributed by atoms with Crippen molar-refractivity contribution in [2.24, 2.45) is 0 Å². The Labute approximate surface area is 153 Å². The van der Waals surface area contributed by atoms with E-state index in [1.807, 2.05) is 33.7 Å². The number of likely N-dealkylation sites (tertiary alicyclic amines) is 1. The fourth-order valence-corrected chi connectivity index (χ4v) is 3.41. The maximum absolute atomic E-state index is 12.9. The van der Waals surface area contributed by atoms with E-state index in [0.717, 1.165) is 37.0 Å². The number of carbonyl (C=O) groups is 2. The summed E-state index contributed by atoms with van der Waals surface area (Å²) in [6, 6.07) is 7.73. The van der Waals surface area contributed by atoms with Crippen LogP contribution >= 0.6 is 0 Å². The minimum atomic E-state index is -0.428. The molecule has 26 heavy (non-hydrogen) atoms. The lowest BCUT2D eigenvalue weighted by atomic mass is 10.2. The second-order valence-electron chi connectivity index (χ2n) is 6.72. The predicted octanol–water partition coefficient (Wildman–Crippen LogP) is 2.64. The zero-order valence-corrected chi connectivity index (χ0v) is 15.5. The smallest absolute Gasteiger partial charge is 0.409 e. The van der Waals surface area contributed by atoms with Crippen molar-refractivity contribution in [3.8, 4) is 0 Å². The Morgan fingerprint density at radius 2 is 1.85 bits per heavy atom. The van der Waals surface area contributed by atoms with Crippen molar-refractivity contribution in [1.29, 1.82) is 0 Å². The summed E-state index contributed by atoms with van der Waals surface area (Å²) in [6.45, 7) is 2.17. The third kappa shape index (κ3) is 3.98. The largest absolute Gasteiger partial charge is 0.453 e. The van der Waals surface area contributed by atoms with E-state index >= 15 is 0 Å². The van der Waals surface area contributed by atoms with E-state index in [2.05, 4.69) is 4.98 Å². The summed E-state index contributed by atoms with van der Waals surface area (Å²) in [7, 11) is 3.01. The highest BCUT2D eigenvalue weighted by Gasteiger charge is 2.21. The molecule has 1 saturated heterocycles. The second kappa shape index (κ2) is 8.21. The number of hydrogen-bond donors (Lipinski definition) is 0. The first-order valence-electron chi connectivity index (χ1n) is 9.11. The number of nitrogens with zero attached hydrogens (tertiary/aromatic N) is 4. The Kier molecular flexibility index (Phi) is 5.75. The Hall–Kier alpha value is -2.57. The maximum atomic E-state index is 12.9. The lowest BCUT2D eigenvalue weighted by Crippen LogP contribution is -2.35. The first-order chi connectivity index (χ1) is 12.6. The first kappa shape index (κ1) is 18.2. The van der Waals surface area contributed by atoms with Gasteiger partial charge in [0.15, 0.2) is 0 Å². The van der Waals surface area contributed by atoms with Crippen molar-refractivity contribution in [3.05, 3.63) is 30.1 Å². The van der Waals surface area contributed by atoms with E-state index in [0.29, 0.717) is 5.82 Å². The van der Waals surface area contributed by atoms with Gasteiger partial charge in [-0.1, -0.05) is 25.0 Å². The van der Waals surface area contributed by atoms with Gasteiger partial charge in [0, 0.05) is 20.1 Å². The number of carbonyl (C=O) groups excluding carboxylic acids is 2. The van der Waals surface area contributed by atoms with Crippen LogP contribution in [0.4, 0.5) is 4.79 Å². The molecule has 140 valence electrons. The molecule has 0 spiro atoms. The van der Waals surface area contributed by atoms with Gasteiger partial charge in [-0.2, -0.15) is 0 Å². The molecule has 0 aliphatic carbocycles. The monoisotopic (exact) mass is 358 g/mol. The Morgan fingerprint density at radius 3 is 2.54 bits per heavy atom. The summed E-state index contributed by atoms with van der Waals surface area (Å²) in [5.41, 5.74) is 1.73. The van der Waals surface area contributed by atoms with Gasteiger partial charge in [-0.05, 0) is 25.0 Å². The molecule has 1 fully saturated rings. The molecule has 7 nitrogen and oxygen atoms in total. The normalized spacial score (nSPS) is 14.9. The lowest BCUT2D eigenvalue weighted by molar-refractivity contribution is -0.131. The minimum absolute atomic E-state index is 0.108. The number of benzene rings is 1. The average molecular weight is 358 g/mol. The fourth-order valence-electron chi connectivity index (χ4n) is 3.41. The standard InChI is InChI=1S/C19H26N4O3/c1-21(19(25)26-2)13-17-20-15-9-5-6-10-16(15)23(17)14-18(24)22-11-7-3-4-8-12-22/h5-6,9-10H,3-4,7-8,11-14H2,1-2H3. The van der Waals surface area contributed by atoms with E-state index in [9.17, 15) is 9.59 Å². The highest BCUT2D eigenvalue weighted by atomic mass is 16.5. The van der Waals surface area contributed by atoms with E-state index in [1.165, 1.54) is 24.9 Å². The van der Waals surface area contributed by atoms with Gasteiger partial charge in [0.05, 0.1) is 24.7 Å². The van der Waals surface area contributed by atoms with Crippen LogP contribution < -0.4 is 0 Å². The van der Waals surface area contributed by atoms with Crippen molar-refractivity contribution >= 4 is 23.0 Å². The molecule has 2 heterocycles. The van der Waals surface area contributed by atoms with Gasteiger partial charge in [0.2, 0.25) is 5.91 Å². The molecule has 2 aromatic rings. The quantitative estimate of drug-likeness (QED) is 0.843. The summed E-state index contributed by atoms with van der Waals surface area (Å²) >= 11 is 0. The van der Waals surface area contributed by atoms with Gasteiger partial charge in [-0.15, -0.1) is 0 Å². The molecule has 0 atom stereocenters. The zero-order chi connectivity index (χ0) is 18.5. The lowest BCUT2D eigenvalue weighted by Gasteiger charge is -2.22. The summed E-state index contributed by atoms with van der Waals surface area (Å²) < 4.78 is 6.68.